The maximum absolute atomic E-state index is 5.82. The van der Waals surface area contributed by atoms with Crippen molar-refractivity contribution in [2.75, 3.05) is 27.2 Å². The van der Waals surface area contributed by atoms with Crippen LogP contribution in [0.2, 0.25) is 0 Å². The first-order valence-corrected chi connectivity index (χ1v) is 11.6. The van der Waals surface area contributed by atoms with E-state index in [2.05, 4.69) is 96.8 Å². The average molecular weight is 448 g/mol. The van der Waals surface area contributed by atoms with Crippen LogP contribution in [0.1, 0.15) is 45.9 Å². The van der Waals surface area contributed by atoms with E-state index in [-0.39, 0.29) is 12.1 Å². The number of benzene rings is 1. The Balaban J connectivity index is 1.82. The number of pyridine rings is 1. The predicted octanol–water partition coefficient (Wildman–Crippen LogP) is 4.64. The number of thiocarbonyl (C=S) groups is 1. The fraction of sp³-hybridized carbons (Fsp3) is 0.385. The highest BCUT2D eigenvalue weighted by molar-refractivity contribution is 7.80. The summed E-state index contributed by atoms with van der Waals surface area (Å²) in [5, 5.41) is 4.37. The van der Waals surface area contributed by atoms with Crippen LogP contribution >= 0.6 is 12.2 Å². The molecular formula is C26H33N5S. The maximum atomic E-state index is 5.82. The summed E-state index contributed by atoms with van der Waals surface area (Å²) >= 11 is 5.82. The number of nitrogens with zero attached hydrogens (tertiary/aromatic N) is 4. The first-order chi connectivity index (χ1) is 15.3. The van der Waals surface area contributed by atoms with Gasteiger partial charge in [0.15, 0.2) is 5.11 Å². The minimum Gasteiger partial charge on any atom is -0.352 e. The molecule has 168 valence electrons. The zero-order chi connectivity index (χ0) is 23.0. The Bertz CT molecular complexity index is 1100. The highest BCUT2D eigenvalue weighted by Crippen LogP contribution is 2.41. The summed E-state index contributed by atoms with van der Waals surface area (Å²) < 4.78 is 2.37. The second kappa shape index (κ2) is 9.04. The van der Waals surface area contributed by atoms with Crippen molar-refractivity contribution in [1.82, 2.24) is 24.7 Å². The lowest BCUT2D eigenvalue weighted by Gasteiger charge is -2.29. The van der Waals surface area contributed by atoms with E-state index in [9.17, 15) is 0 Å². The van der Waals surface area contributed by atoms with Crippen molar-refractivity contribution < 1.29 is 0 Å². The van der Waals surface area contributed by atoms with E-state index in [0.717, 1.165) is 23.9 Å². The molecule has 1 aromatic carbocycles. The number of aryl methyl sites for hydroxylation is 3. The Hall–Kier alpha value is -2.70. The molecule has 1 aliphatic rings. The lowest BCUT2D eigenvalue weighted by atomic mass is 9.96. The van der Waals surface area contributed by atoms with E-state index < -0.39 is 0 Å². The van der Waals surface area contributed by atoms with Crippen LogP contribution in [0.15, 0.2) is 48.7 Å². The summed E-state index contributed by atoms with van der Waals surface area (Å²) in [7, 11) is 4.20. The Morgan fingerprint density at radius 1 is 1.03 bits per heavy atom. The number of nitrogens with one attached hydrogen (secondary N) is 1. The van der Waals surface area contributed by atoms with Crippen molar-refractivity contribution >= 4 is 17.3 Å². The molecule has 0 radical (unpaired) electrons. The van der Waals surface area contributed by atoms with Crippen molar-refractivity contribution in [3.63, 3.8) is 0 Å². The molecule has 1 N–H and O–H groups in total. The predicted molar refractivity (Wildman–Crippen MR) is 135 cm³/mol. The molecule has 1 aliphatic heterocycles. The molecule has 3 heterocycles. The quantitative estimate of drug-likeness (QED) is 0.557. The SMILES string of the molecule is Cc1cc(C)cc(-n2c(C)cc([C@H]3[C@@H](c4ccccn4)NC(=S)N3CCN(C)C)c2C)c1. The first-order valence-electron chi connectivity index (χ1n) is 11.2. The Kier molecular flexibility index (Phi) is 6.35. The molecule has 3 aromatic rings. The molecule has 4 rings (SSSR count). The first kappa shape index (κ1) is 22.5. The van der Waals surface area contributed by atoms with Gasteiger partial charge in [-0.15, -0.1) is 0 Å². The minimum absolute atomic E-state index is 0.0130. The molecule has 1 saturated heterocycles. The van der Waals surface area contributed by atoms with Crippen LogP contribution in [0.5, 0.6) is 0 Å². The van der Waals surface area contributed by atoms with Gasteiger partial charge in [-0.1, -0.05) is 12.1 Å². The van der Waals surface area contributed by atoms with Gasteiger partial charge < -0.3 is 19.7 Å². The summed E-state index contributed by atoms with van der Waals surface area (Å²) in [6.45, 7) is 10.5. The molecule has 0 aliphatic carbocycles. The molecule has 2 aromatic heterocycles. The van der Waals surface area contributed by atoms with Crippen LogP contribution < -0.4 is 5.32 Å². The molecule has 0 spiro atoms. The third-order valence-corrected chi connectivity index (χ3v) is 6.59. The Labute approximate surface area is 197 Å². The van der Waals surface area contributed by atoms with Crippen LogP contribution in [0.3, 0.4) is 0 Å². The zero-order valence-electron chi connectivity index (χ0n) is 19.9. The van der Waals surface area contributed by atoms with E-state index >= 15 is 0 Å². The van der Waals surface area contributed by atoms with E-state index in [4.69, 9.17) is 12.2 Å². The Morgan fingerprint density at radius 2 is 1.75 bits per heavy atom. The molecule has 0 amide bonds. The standard InChI is InChI=1S/C26H33N5S/c1-17-13-18(2)15-21(14-17)31-19(3)16-22(20(31)4)25-24(23-9-7-8-10-27-23)28-26(32)30(25)12-11-29(5)6/h7-10,13-16,24-25H,11-12H2,1-6H3,(H,28,32)/t24-,25+/m1/s1. The molecule has 0 bridgehead atoms. The van der Waals surface area contributed by atoms with Crippen LogP contribution in [0, 0.1) is 27.7 Å². The third kappa shape index (κ3) is 4.30. The van der Waals surface area contributed by atoms with E-state index in [1.807, 2.05) is 18.3 Å². The van der Waals surface area contributed by atoms with Crippen molar-refractivity contribution in [3.8, 4) is 5.69 Å². The number of rotatable bonds is 6. The van der Waals surface area contributed by atoms with Crippen LogP contribution in [0.4, 0.5) is 0 Å². The molecule has 0 saturated carbocycles. The second-order valence-corrected chi connectivity index (χ2v) is 9.52. The summed E-state index contributed by atoms with van der Waals surface area (Å²) in [5.74, 6) is 0. The van der Waals surface area contributed by atoms with Gasteiger partial charge in [-0.2, -0.15) is 0 Å². The van der Waals surface area contributed by atoms with Gasteiger partial charge in [0.05, 0.1) is 17.8 Å². The van der Waals surface area contributed by atoms with Crippen LogP contribution in [-0.2, 0) is 0 Å². The summed E-state index contributed by atoms with van der Waals surface area (Å²) in [6, 6.07) is 15.3. The fourth-order valence-electron chi connectivity index (χ4n) is 4.86. The number of likely N-dealkylation sites (N-methyl/N-ethyl adjacent to an activating group) is 1. The van der Waals surface area contributed by atoms with Gasteiger partial charge >= 0.3 is 0 Å². The van der Waals surface area contributed by atoms with Gasteiger partial charge in [0.25, 0.3) is 0 Å². The monoisotopic (exact) mass is 447 g/mol. The number of hydrogen-bond acceptors (Lipinski definition) is 3. The molecule has 5 nitrogen and oxygen atoms in total. The smallest absolute Gasteiger partial charge is 0.170 e. The normalized spacial score (nSPS) is 18.5. The van der Waals surface area contributed by atoms with Gasteiger partial charge in [0, 0.05) is 36.4 Å². The van der Waals surface area contributed by atoms with E-state index in [0.29, 0.717) is 0 Å². The van der Waals surface area contributed by atoms with Gasteiger partial charge in [0.1, 0.15) is 0 Å². The van der Waals surface area contributed by atoms with Crippen LogP contribution in [-0.4, -0.2) is 51.6 Å². The lowest BCUT2D eigenvalue weighted by molar-refractivity contribution is 0.277. The van der Waals surface area contributed by atoms with Gasteiger partial charge in [-0.05, 0) is 101 Å². The zero-order valence-corrected chi connectivity index (χ0v) is 20.7. The van der Waals surface area contributed by atoms with Crippen molar-refractivity contribution in [2.45, 2.75) is 39.8 Å². The van der Waals surface area contributed by atoms with Crippen molar-refractivity contribution in [3.05, 3.63) is 82.4 Å². The van der Waals surface area contributed by atoms with E-state index in [1.165, 1.54) is 33.8 Å². The maximum Gasteiger partial charge on any atom is 0.170 e. The second-order valence-electron chi connectivity index (χ2n) is 9.13. The molecule has 32 heavy (non-hydrogen) atoms. The van der Waals surface area contributed by atoms with Crippen molar-refractivity contribution in [1.29, 1.82) is 0 Å². The largest absolute Gasteiger partial charge is 0.352 e. The van der Waals surface area contributed by atoms with Crippen LogP contribution in [0.25, 0.3) is 5.69 Å². The summed E-state index contributed by atoms with van der Waals surface area (Å²) in [5.41, 5.74) is 8.55. The average Bonchev–Trinajstić information content (AvgIpc) is 3.21. The number of aromatic nitrogens is 2. The third-order valence-electron chi connectivity index (χ3n) is 6.24. The Morgan fingerprint density at radius 3 is 2.38 bits per heavy atom. The highest BCUT2D eigenvalue weighted by atomic mass is 32.1. The molecule has 0 unspecified atom stereocenters. The molecule has 2 atom stereocenters. The van der Waals surface area contributed by atoms with Gasteiger partial charge in [-0.3, -0.25) is 4.98 Å². The van der Waals surface area contributed by atoms with Gasteiger partial charge in [0.2, 0.25) is 0 Å². The summed E-state index contributed by atoms with van der Waals surface area (Å²) in [6.07, 6.45) is 1.86. The van der Waals surface area contributed by atoms with Gasteiger partial charge in [-0.25, -0.2) is 0 Å². The summed E-state index contributed by atoms with van der Waals surface area (Å²) in [4.78, 5) is 9.21. The molecular weight excluding hydrogens is 414 g/mol. The highest BCUT2D eigenvalue weighted by Gasteiger charge is 2.41. The topological polar surface area (TPSA) is 36.3 Å². The lowest BCUT2D eigenvalue weighted by Crippen LogP contribution is -2.35. The molecule has 6 heteroatoms. The van der Waals surface area contributed by atoms with E-state index in [1.54, 1.807) is 0 Å². The fourth-order valence-corrected chi connectivity index (χ4v) is 5.19. The van der Waals surface area contributed by atoms with Crippen molar-refractivity contribution in [2.24, 2.45) is 0 Å². The number of hydrogen-bond donors (Lipinski definition) is 1. The minimum atomic E-state index is 0.0130. The molecule has 1 fully saturated rings.